The van der Waals surface area contributed by atoms with Crippen LogP contribution in [0.5, 0.6) is 0 Å². The van der Waals surface area contributed by atoms with E-state index in [1.165, 1.54) is 12.0 Å². The van der Waals surface area contributed by atoms with Gasteiger partial charge >= 0.3 is 0 Å². The normalized spacial score (nSPS) is 10.8. The van der Waals surface area contributed by atoms with Crippen molar-refractivity contribution in [3.63, 3.8) is 0 Å². The highest BCUT2D eigenvalue weighted by molar-refractivity contribution is 5.14. The van der Waals surface area contributed by atoms with Crippen molar-refractivity contribution in [2.45, 2.75) is 19.3 Å². The van der Waals surface area contributed by atoms with Crippen LogP contribution in [0.25, 0.3) is 0 Å². The minimum atomic E-state index is 1.07. The Balaban J connectivity index is 2.24. The monoisotopic (exact) mass is 158 g/mol. The fourth-order valence-corrected chi connectivity index (χ4v) is 1.16. The summed E-state index contributed by atoms with van der Waals surface area (Å²) in [7, 11) is 0. The van der Waals surface area contributed by atoms with E-state index in [-0.39, 0.29) is 0 Å². The summed E-state index contributed by atoms with van der Waals surface area (Å²) in [5, 5.41) is 0. The van der Waals surface area contributed by atoms with E-state index in [0.29, 0.717) is 0 Å². The molecule has 0 aliphatic heterocycles. The van der Waals surface area contributed by atoms with Gasteiger partial charge in [-0.2, -0.15) is 0 Å². The first-order valence-corrected chi connectivity index (χ1v) is 4.34. The molecule has 0 unspecified atom stereocenters. The zero-order valence-corrected chi connectivity index (χ0v) is 7.24. The Morgan fingerprint density at radius 3 is 2.58 bits per heavy atom. The van der Waals surface area contributed by atoms with Crippen molar-refractivity contribution in [2.75, 3.05) is 0 Å². The molecule has 0 amide bonds. The van der Waals surface area contributed by atoms with Crippen LogP contribution < -0.4 is 0 Å². The summed E-state index contributed by atoms with van der Waals surface area (Å²) in [6.45, 7) is 5.23. The van der Waals surface area contributed by atoms with Crippen LogP contribution >= 0.6 is 0 Å². The van der Waals surface area contributed by atoms with Gasteiger partial charge in [-0.15, -0.1) is 0 Å². The zero-order valence-electron chi connectivity index (χ0n) is 7.24. The Morgan fingerprint density at radius 1 is 1.17 bits per heavy atom. The summed E-state index contributed by atoms with van der Waals surface area (Å²) in [4.78, 5) is 0. The molecule has 0 nitrogen and oxygen atoms in total. The van der Waals surface area contributed by atoms with Gasteiger partial charge in [-0.05, 0) is 31.7 Å². The number of unbranched alkanes of at least 4 members (excludes halogenated alkanes) is 1. The summed E-state index contributed by atoms with van der Waals surface area (Å²) in [5.41, 5.74) is 1.41. The van der Waals surface area contributed by atoms with Crippen molar-refractivity contribution in [3.05, 3.63) is 55.0 Å². The van der Waals surface area contributed by atoms with E-state index >= 15 is 0 Å². The van der Waals surface area contributed by atoms with Gasteiger partial charge in [0.25, 0.3) is 0 Å². The number of hydrogen-bond acceptors (Lipinski definition) is 0. The third-order valence-electron chi connectivity index (χ3n) is 1.82. The van der Waals surface area contributed by atoms with E-state index in [2.05, 4.69) is 24.3 Å². The van der Waals surface area contributed by atoms with Crippen LogP contribution in [0.1, 0.15) is 18.4 Å². The Labute approximate surface area is 74.9 Å². The van der Waals surface area contributed by atoms with E-state index in [9.17, 15) is 0 Å². The summed E-state index contributed by atoms with van der Waals surface area (Å²) >= 11 is 0. The largest absolute Gasteiger partial charge is 0.0882 e. The van der Waals surface area contributed by atoms with Crippen LogP contribution in [0.2, 0.25) is 0 Å². The third kappa shape index (κ3) is 3.38. The minimum Gasteiger partial charge on any atom is -0.0882 e. The van der Waals surface area contributed by atoms with Crippen LogP contribution in [0, 0.1) is 6.92 Å². The van der Waals surface area contributed by atoms with Gasteiger partial charge in [-0.25, -0.2) is 0 Å². The first-order chi connectivity index (χ1) is 5.93. The summed E-state index contributed by atoms with van der Waals surface area (Å²) < 4.78 is 0. The lowest BCUT2D eigenvalue weighted by molar-refractivity contribution is 0.843. The fraction of sp³-hybridized carbons (Fsp3) is 0.250. The standard InChI is InChI=1S/C12H14/c1-2-3-4-6-9-12-10-7-5-8-11-12/h1-3,5,7-8,10-11H,4,6,9H2. The van der Waals surface area contributed by atoms with Crippen molar-refractivity contribution >= 4 is 0 Å². The highest BCUT2D eigenvalue weighted by Crippen LogP contribution is 2.04. The molecule has 12 heavy (non-hydrogen) atoms. The Bertz CT molecular complexity index is 221. The minimum absolute atomic E-state index is 1.07. The molecule has 0 aliphatic rings. The molecular formula is C12H14. The predicted molar refractivity (Wildman–Crippen MR) is 52.8 cm³/mol. The molecule has 1 aromatic carbocycles. The molecule has 0 saturated carbocycles. The molecule has 0 heterocycles. The van der Waals surface area contributed by atoms with Gasteiger partial charge in [0, 0.05) is 0 Å². The third-order valence-corrected chi connectivity index (χ3v) is 1.82. The molecule has 0 saturated heterocycles. The summed E-state index contributed by atoms with van der Waals surface area (Å²) in [5.74, 6) is 0. The van der Waals surface area contributed by atoms with Gasteiger partial charge in [0.2, 0.25) is 0 Å². The molecular weight excluding hydrogens is 144 g/mol. The highest BCUT2D eigenvalue weighted by Gasteiger charge is 1.88. The zero-order chi connectivity index (χ0) is 8.65. The molecule has 0 spiro atoms. The molecule has 0 bridgehead atoms. The quantitative estimate of drug-likeness (QED) is 0.590. The average molecular weight is 158 g/mol. The van der Waals surface area contributed by atoms with Crippen LogP contribution in [-0.4, -0.2) is 0 Å². The lowest BCUT2D eigenvalue weighted by Crippen LogP contribution is -1.82. The molecule has 1 aromatic rings. The Morgan fingerprint density at radius 2 is 1.92 bits per heavy atom. The van der Waals surface area contributed by atoms with Crippen LogP contribution in [0.15, 0.2) is 42.5 Å². The first-order valence-electron chi connectivity index (χ1n) is 4.34. The lowest BCUT2D eigenvalue weighted by Gasteiger charge is -1.97. The van der Waals surface area contributed by atoms with Crippen molar-refractivity contribution in [1.82, 2.24) is 0 Å². The number of allylic oxidation sites excluding steroid dienone is 2. The van der Waals surface area contributed by atoms with Gasteiger partial charge < -0.3 is 0 Å². The second kappa shape index (κ2) is 5.59. The van der Waals surface area contributed by atoms with E-state index in [1.54, 1.807) is 6.08 Å². The summed E-state index contributed by atoms with van der Waals surface area (Å²) in [6, 6.07) is 10.5. The molecule has 1 rings (SSSR count). The topological polar surface area (TPSA) is 0 Å². The van der Waals surface area contributed by atoms with E-state index < -0.39 is 0 Å². The maximum Gasteiger partial charge on any atom is -0.00958 e. The smallest absolute Gasteiger partial charge is 0.00958 e. The Kier molecular flexibility index (Phi) is 4.22. The molecule has 0 atom stereocenters. The van der Waals surface area contributed by atoms with Gasteiger partial charge in [0.15, 0.2) is 0 Å². The second-order valence-corrected chi connectivity index (χ2v) is 2.81. The number of hydrogen-bond donors (Lipinski definition) is 0. The molecule has 0 heteroatoms. The van der Waals surface area contributed by atoms with Crippen LogP contribution in [0.4, 0.5) is 0 Å². The average Bonchev–Trinajstić information content (AvgIpc) is 2.14. The van der Waals surface area contributed by atoms with Gasteiger partial charge in [-0.3, -0.25) is 0 Å². The second-order valence-electron chi connectivity index (χ2n) is 2.81. The predicted octanol–water partition coefficient (Wildman–Crippen LogP) is 3.28. The van der Waals surface area contributed by atoms with Crippen molar-refractivity contribution < 1.29 is 0 Å². The molecule has 0 fully saturated rings. The van der Waals surface area contributed by atoms with Gasteiger partial charge in [0.1, 0.15) is 0 Å². The molecule has 0 aromatic heterocycles. The van der Waals surface area contributed by atoms with Crippen molar-refractivity contribution in [2.24, 2.45) is 0 Å². The van der Waals surface area contributed by atoms with E-state index in [0.717, 1.165) is 12.8 Å². The van der Waals surface area contributed by atoms with E-state index in [1.807, 2.05) is 12.1 Å². The maximum absolute atomic E-state index is 5.23. The first kappa shape index (κ1) is 9.05. The molecule has 2 radical (unpaired) electrons. The fourth-order valence-electron chi connectivity index (χ4n) is 1.16. The lowest BCUT2D eigenvalue weighted by atomic mass is 10.1. The SMILES string of the molecule is [CH]C=CCCCc1ccccc1. The van der Waals surface area contributed by atoms with Crippen LogP contribution in [0.3, 0.4) is 0 Å². The Hall–Kier alpha value is -1.04. The van der Waals surface area contributed by atoms with Crippen molar-refractivity contribution in [1.29, 1.82) is 0 Å². The number of rotatable bonds is 4. The van der Waals surface area contributed by atoms with Gasteiger partial charge in [0.05, 0.1) is 0 Å². The number of benzene rings is 1. The van der Waals surface area contributed by atoms with Crippen LogP contribution in [-0.2, 0) is 6.42 Å². The number of aryl methyl sites for hydroxylation is 1. The molecule has 62 valence electrons. The molecule has 0 aliphatic carbocycles. The van der Waals surface area contributed by atoms with E-state index in [4.69, 9.17) is 6.92 Å². The maximum atomic E-state index is 5.23. The van der Waals surface area contributed by atoms with Crippen molar-refractivity contribution in [3.8, 4) is 0 Å². The summed E-state index contributed by atoms with van der Waals surface area (Å²) in [6.07, 6.45) is 7.02. The van der Waals surface area contributed by atoms with Gasteiger partial charge in [-0.1, -0.05) is 42.5 Å². The molecule has 0 N–H and O–H groups in total. The highest BCUT2D eigenvalue weighted by atomic mass is 13.9.